The first-order valence-corrected chi connectivity index (χ1v) is 5.60. The molecule has 0 radical (unpaired) electrons. The van der Waals surface area contributed by atoms with Crippen molar-refractivity contribution in [2.24, 2.45) is 0 Å². The van der Waals surface area contributed by atoms with E-state index in [0.717, 1.165) is 23.3 Å². The lowest BCUT2D eigenvalue weighted by Crippen LogP contribution is -2.31. The van der Waals surface area contributed by atoms with Crippen LogP contribution in [0.3, 0.4) is 0 Å². The molecule has 0 aliphatic carbocycles. The largest absolute Gasteiger partial charge is 0.349 e. The van der Waals surface area contributed by atoms with Gasteiger partial charge in [-0.1, -0.05) is 0 Å². The molecule has 1 aliphatic rings. The number of aromatic nitrogens is 1. The predicted octanol–water partition coefficient (Wildman–Crippen LogP) is 1.94. The minimum Gasteiger partial charge on any atom is -0.349 e. The van der Waals surface area contributed by atoms with Gasteiger partial charge in [0.15, 0.2) is 10.2 Å². The van der Waals surface area contributed by atoms with Crippen LogP contribution in [0, 0.1) is 0 Å². The number of thiocarbonyl (C=S) groups is 1. The van der Waals surface area contributed by atoms with E-state index in [9.17, 15) is 0 Å². The van der Waals surface area contributed by atoms with Crippen LogP contribution in [0.15, 0.2) is 11.6 Å². The highest BCUT2D eigenvalue weighted by molar-refractivity contribution is 7.80. The number of hydrogen-bond donors (Lipinski definition) is 1. The molecule has 0 bridgehead atoms. The Morgan fingerprint density at radius 2 is 2.31 bits per heavy atom. The van der Waals surface area contributed by atoms with Gasteiger partial charge in [-0.2, -0.15) is 0 Å². The molecular weight excluding hydrogens is 202 g/mol. The van der Waals surface area contributed by atoms with Crippen molar-refractivity contribution >= 4 is 33.8 Å². The second-order valence-corrected chi connectivity index (χ2v) is 4.24. The zero-order chi connectivity index (χ0) is 9.10. The molecule has 1 N–H and O–H groups in total. The molecule has 1 saturated heterocycles. The first kappa shape index (κ1) is 8.90. The van der Waals surface area contributed by atoms with E-state index >= 15 is 0 Å². The summed E-state index contributed by atoms with van der Waals surface area (Å²) in [6.45, 7) is 2.16. The van der Waals surface area contributed by atoms with Gasteiger partial charge in [-0.3, -0.25) is 0 Å². The van der Waals surface area contributed by atoms with E-state index in [1.165, 1.54) is 12.8 Å². The lowest BCUT2D eigenvalue weighted by molar-refractivity contribution is 0.528. The molecule has 0 saturated carbocycles. The fourth-order valence-electron chi connectivity index (χ4n) is 1.38. The number of nitrogens with zero attached hydrogens (tertiary/aromatic N) is 2. The zero-order valence-corrected chi connectivity index (χ0v) is 8.83. The summed E-state index contributed by atoms with van der Waals surface area (Å²) in [6, 6.07) is 0. The molecule has 0 amide bonds. The minimum atomic E-state index is 0.812. The van der Waals surface area contributed by atoms with Gasteiger partial charge in [0.05, 0.1) is 0 Å². The maximum Gasteiger partial charge on any atom is 0.188 e. The lowest BCUT2D eigenvalue weighted by atomic mass is 10.4. The Bertz CT molecular complexity index is 278. The summed E-state index contributed by atoms with van der Waals surface area (Å²) in [7, 11) is 0. The first-order valence-electron chi connectivity index (χ1n) is 4.32. The van der Waals surface area contributed by atoms with Gasteiger partial charge in [-0.15, -0.1) is 11.3 Å². The van der Waals surface area contributed by atoms with Crippen LogP contribution in [0.25, 0.3) is 0 Å². The van der Waals surface area contributed by atoms with Crippen molar-refractivity contribution in [3.05, 3.63) is 11.6 Å². The molecular formula is C8H11N3S2. The van der Waals surface area contributed by atoms with Crippen LogP contribution in [0.4, 0.5) is 5.13 Å². The minimum absolute atomic E-state index is 0.812. The Balaban J connectivity index is 1.91. The van der Waals surface area contributed by atoms with Gasteiger partial charge in [0.25, 0.3) is 0 Å². The van der Waals surface area contributed by atoms with Crippen LogP contribution in [0.1, 0.15) is 12.8 Å². The van der Waals surface area contributed by atoms with Crippen LogP contribution in [-0.2, 0) is 0 Å². The maximum absolute atomic E-state index is 5.24. The summed E-state index contributed by atoms with van der Waals surface area (Å²) in [6.07, 6.45) is 4.28. The normalized spacial score (nSPS) is 16.2. The number of likely N-dealkylation sites (tertiary alicyclic amines) is 1. The zero-order valence-electron chi connectivity index (χ0n) is 7.19. The molecule has 0 unspecified atom stereocenters. The van der Waals surface area contributed by atoms with Crippen molar-refractivity contribution in [3.8, 4) is 0 Å². The Hall–Kier alpha value is -0.680. The van der Waals surface area contributed by atoms with E-state index in [1.807, 2.05) is 5.38 Å². The summed E-state index contributed by atoms with van der Waals surface area (Å²) >= 11 is 6.82. The van der Waals surface area contributed by atoms with Crippen molar-refractivity contribution in [2.45, 2.75) is 12.8 Å². The van der Waals surface area contributed by atoms with E-state index in [1.54, 1.807) is 17.5 Å². The van der Waals surface area contributed by atoms with Crippen molar-refractivity contribution < 1.29 is 0 Å². The molecule has 70 valence electrons. The summed E-state index contributed by atoms with van der Waals surface area (Å²) in [5, 5.41) is 6.77. The van der Waals surface area contributed by atoms with Gasteiger partial charge in [0.2, 0.25) is 0 Å². The third kappa shape index (κ3) is 2.16. The second kappa shape index (κ2) is 4.02. The average molecular weight is 213 g/mol. The van der Waals surface area contributed by atoms with Crippen molar-refractivity contribution in [2.75, 3.05) is 18.4 Å². The smallest absolute Gasteiger partial charge is 0.188 e. The summed E-state index contributed by atoms with van der Waals surface area (Å²) in [5.41, 5.74) is 0. The molecule has 0 spiro atoms. The molecule has 13 heavy (non-hydrogen) atoms. The SMILES string of the molecule is S=C(Nc1nccs1)N1CCCC1. The van der Waals surface area contributed by atoms with Gasteiger partial charge >= 0.3 is 0 Å². The van der Waals surface area contributed by atoms with Gasteiger partial charge in [-0.25, -0.2) is 4.98 Å². The molecule has 5 heteroatoms. The molecule has 1 aliphatic heterocycles. The summed E-state index contributed by atoms with van der Waals surface area (Å²) in [4.78, 5) is 6.31. The monoisotopic (exact) mass is 213 g/mol. The number of hydrogen-bond acceptors (Lipinski definition) is 3. The van der Waals surface area contributed by atoms with Gasteiger partial charge < -0.3 is 10.2 Å². The Morgan fingerprint density at radius 3 is 2.92 bits per heavy atom. The van der Waals surface area contributed by atoms with Crippen LogP contribution in [-0.4, -0.2) is 28.1 Å². The highest BCUT2D eigenvalue weighted by Crippen LogP contribution is 2.14. The third-order valence-corrected chi connectivity index (χ3v) is 3.09. The van der Waals surface area contributed by atoms with Crippen LogP contribution in [0.5, 0.6) is 0 Å². The number of nitrogens with one attached hydrogen (secondary N) is 1. The van der Waals surface area contributed by atoms with E-state index in [4.69, 9.17) is 12.2 Å². The Kier molecular flexibility index (Phi) is 2.75. The second-order valence-electron chi connectivity index (χ2n) is 2.96. The van der Waals surface area contributed by atoms with Crippen LogP contribution < -0.4 is 5.32 Å². The molecule has 2 heterocycles. The molecule has 1 aromatic rings. The van der Waals surface area contributed by atoms with E-state index in [-0.39, 0.29) is 0 Å². The van der Waals surface area contributed by atoms with Crippen LogP contribution >= 0.6 is 23.6 Å². The average Bonchev–Trinajstić information content (AvgIpc) is 2.74. The third-order valence-electron chi connectivity index (χ3n) is 2.04. The highest BCUT2D eigenvalue weighted by Gasteiger charge is 2.14. The van der Waals surface area contributed by atoms with E-state index < -0.39 is 0 Å². The summed E-state index contributed by atoms with van der Waals surface area (Å²) < 4.78 is 0. The fraction of sp³-hybridized carbons (Fsp3) is 0.500. The van der Waals surface area contributed by atoms with Gasteiger partial charge in [0, 0.05) is 24.7 Å². The molecule has 0 aromatic carbocycles. The highest BCUT2D eigenvalue weighted by atomic mass is 32.1. The van der Waals surface area contributed by atoms with Crippen molar-refractivity contribution in [1.82, 2.24) is 9.88 Å². The summed E-state index contributed by atoms with van der Waals surface area (Å²) in [5.74, 6) is 0. The van der Waals surface area contributed by atoms with Gasteiger partial charge in [-0.05, 0) is 25.1 Å². The molecule has 1 fully saturated rings. The topological polar surface area (TPSA) is 28.2 Å². The van der Waals surface area contributed by atoms with E-state index in [0.29, 0.717) is 0 Å². The first-order chi connectivity index (χ1) is 6.36. The predicted molar refractivity (Wildman–Crippen MR) is 59.1 cm³/mol. The van der Waals surface area contributed by atoms with Gasteiger partial charge in [0.1, 0.15) is 0 Å². The molecule has 0 atom stereocenters. The Labute approximate surface area is 86.8 Å². The maximum atomic E-state index is 5.24. The molecule has 3 nitrogen and oxygen atoms in total. The number of anilines is 1. The molecule has 2 rings (SSSR count). The fourth-order valence-corrected chi connectivity index (χ4v) is 2.25. The molecule has 1 aromatic heterocycles. The van der Waals surface area contributed by atoms with Crippen molar-refractivity contribution in [1.29, 1.82) is 0 Å². The lowest BCUT2D eigenvalue weighted by Gasteiger charge is -2.17. The standard InChI is InChI=1S/C8H11N3S2/c12-8(11-4-1-2-5-11)10-7-9-3-6-13-7/h3,6H,1-2,4-5H2,(H,9,10,12). The Morgan fingerprint density at radius 1 is 1.54 bits per heavy atom. The van der Waals surface area contributed by atoms with Crippen LogP contribution in [0.2, 0.25) is 0 Å². The van der Waals surface area contributed by atoms with Crippen molar-refractivity contribution in [3.63, 3.8) is 0 Å². The van der Waals surface area contributed by atoms with E-state index in [2.05, 4.69) is 15.2 Å². The quantitative estimate of drug-likeness (QED) is 0.722. The number of rotatable bonds is 1. The number of thiazole rings is 1.